The van der Waals surface area contributed by atoms with Crippen LogP contribution >= 0.6 is 0 Å². The topological polar surface area (TPSA) is 13.0 Å². The molecule has 0 aromatic heterocycles. The van der Waals surface area contributed by atoms with Crippen LogP contribution in [0.15, 0.2) is 0 Å². The monoisotopic (exact) mass is 462 g/mol. The second-order valence-electron chi connectivity index (χ2n) is 16.4. The molecule has 3 saturated heterocycles. The lowest BCUT2D eigenvalue weighted by Gasteiger charge is -2.72. The Morgan fingerprint density at radius 3 is 0.727 bits per heavy atom. The van der Waals surface area contributed by atoms with E-state index < -0.39 is 0 Å². The van der Waals surface area contributed by atoms with Crippen molar-refractivity contribution in [2.75, 3.05) is 0 Å². The van der Waals surface area contributed by atoms with Gasteiger partial charge in [0, 0.05) is 49.9 Å². The molecule has 0 spiro atoms. The Kier molecular flexibility index (Phi) is 5.31. The second kappa shape index (κ2) is 6.39. The number of rotatable bonds is 0. The zero-order chi connectivity index (χ0) is 26.4. The minimum absolute atomic E-state index is 0.00232. The van der Waals surface area contributed by atoms with Gasteiger partial charge in [-0.15, -0.1) is 0 Å². The fourth-order valence-corrected chi connectivity index (χ4v) is 8.87. The van der Waals surface area contributed by atoms with Gasteiger partial charge in [0.2, 0.25) is 0 Å². The van der Waals surface area contributed by atoms with E-state index in [0.29, 0.717) is 0 Å². The lowest BCUT2D eigenvalue weighted by atomic mass is 9.65. The predicted octanol–water partition coefficient (Wildman–Crippen LogP) is 6.55. The Hall–Kier alpha value is -0.160. The van der Waals surface area contributed by atoms with E-state index >= 15 is 0 Å². The van der Waals surface area contributed by atoms with Gasteiger partial charge in [-0.1, -0.05) is 0 Å². The summed E-state index contributed by atoms with van der Waals surface area (Å²) in [4.78, 5) is 11.6. The molecule has 3 aliphatic heterocycles. The maximum absolute atomic E-state index is 2.91. The largest absolute Gasteiger partial charge is 0.285 e. The Bertz CT molecular complexity index is 759. The molecule has 3 fully saturated rings. The van der Waals surface area contributed by atoms with Gasteiger partial charge in [-0.05, 0) is 132 Å². The molecule has 194 valence electrons. The van der Waals surface area contributed by atoms with Crippen molar-refractivity contribution in [2.24, 2.45) is 0 Å². The van der Waals surface area contributed by atoms with Crippen molar-refractivity contribution in [3.05, 3.63) is 0 Å². The fourth-order valence-electron chi connectivity index (χ4n) is 8.87. The van der Waals surface area contributed by atoms with Gasteiger partial charge >= 0.3 is 0 Å². The molecule has 3 heterocycles. The maximum atomic E-state index is 2.91. The minimum Gasteiger partial charge on any atom is -0.285 e. The first-order valence-electron chi connectivity index (χ1n) is 13.3. The van der Waals surface area contributed by atoms with Gasteiger partial charge in [0.15, 0.2) is 0 Å². The summed E-state index contributed by atoms with van der Waals surface area (Å²) in [6.45, 7) is 47.2. The molecular formula is C29H58N4. The third-order valence-electron chi connectivity index (χ3n) is 12.1. The van der Waals surface area contributed by atoms with Crippen LogP contribution in [0, 0.1) is 0 Å². The van der Waals surface area contributed by atoms with E-state index in [-0.39, 0.29) is 56.1 Å². The average Bonchev–Trinajstić information content (AvgIpc) is 2.76. The summed E-state index contributed by atoms with van der Waals surface area (Å²) in [6.07, 6.45) is 0.227. The van der Waals surface area contributed by atoms with Gasteiger partial charge in [-0.2, -0.15) is 0 Å². The van der Waals surface area contributed by atoms with Crippen LogP contribution in [0.2, 0.25) is 0 Å². The molecule has 0 atom stereocenters. The van der Waals surface area contributed by atoms with Crippen LogP contribution in [-0.4, -0.2) is 75.7 Å². The first-order chi connectivity index (χ1) is 14.1. The molecule has 0 N–H and O–H groups in total. The Balaban J connectivity index is 2.55. The summed E-state index contributed by atoms with van der Waals surface area (Å²) in [5.74, 6) is 0. The highest BCUT2D eigenvalue weighted by Crippen LogP contribution is 2.65. The number of hydrogen-bond donors (Lipinski definition) is 0. The van der Waals surface area contributed by atoms with E-state index in [2.05, 4.69) is 151 Å². The van der Waals surface area contributed by atoms with Crippen molar-refractivity contribution in [1.82, 2.24) is 19.6 Å². The lowest BCUT2D eigenvalue weighted by Crippen LogP contribution is -2.85. The molecule has 0 aromatic carbocycles. The van der Waals surface area contributed by atoms with Gasteiger partial charge in [-0.25, -0.2) is 0 Å². The van der Waals surface area contributed by atoms with E-state index in [1.807, 2.05) is 0 Å². The third-order valence-corrected chi connectivity index (χ3v) is 12.1. The molecule has 0 saturated carbocycles. The van der Waals surface area contributed by atoms with Crippen LogP contribution < -0.4 is 0 Å². The van der Waals surface area contributed by atoms with Crippen molar-refractivity contribution in [1.29, 1.82) is 0 Å². The van der Waals surface area contributed by atoms with Gasteiger partial charge in [-0.3, -0.25) is 19.6 Å². The zero-order valence-corrected chi connectivity index (χ0v) is 25.9. The summed E-state index contributed by atoms with van der Waals surface area (Å²) in [6, 6.07) is 0. The third kappa shape index (κ3) is 2.73. The molecule has 0 unspecified atom stereocenters. The molecule has 4 heteroatoms. The predicted molar refractivity (Wildman–Crippen MR) is 144 cm³/mol. The molecular weight excluding hydrogens is 404 g/mol. The van der Waals surface area contributed by atoms with Crippen molar-refractivity contribution in [3.63, 3.8) is 0 Å². The highest BCUT2D eigenvalue weighted by molar-refractivity contribution is 5.31. The molecule has 0 bridgehead atoms. The van der Waals surface area contributed by atoms with Crippen LogP contribution in [0.4, 0.5) is 0 Å². The summed E-state index contributed by atoms with van der Waals surface area (Å²) < 4.78 is 0. The molecule has 33 heavy (non-hydrogen) atoms. The van der Waals surface area contributed by atoms with Crippen molar-refractivity contribution in [2.45, 2.75) is 188 Å². The molecule has 3 rings (SSSR count). The zero-order valence-electron chi connectivity index (χ0n) is 25.9. The van der Waals surface area contributed by atoms with Crippen molar-refractivity contribution < 1.29 is 0 Å². The van der Waals surface area contributed by atoms with Crippen LogP contribution in [0.25, 0.3) is 0 Å². The van der Waals surface area contributed by atoms with E-state index in [9.17, 15) is 0 Å². The Labute approximate surface area is 207 Å². The smallest absolute Gasteiger partial charge is 0.122 e. The van der Waals surface area contributed by atoms with Gasteiger partial charge in [0.25, 0.3) is 0 Å². The molecule has 0 radical (unpaired) electrons. The van der Waals surface area contributed by atoms with Crippen LogP contribution in [0.5, 0.6) is 0 Å². The highest BCUT2D eigenvalue weighted by Gasteiger charge is 2.78. The second-order valence-corrected chi connectivity index (χ2v) is 16.4. The van der Waals surface area contributed by atoms with E-state index in [0.717, 1.165) is 0 Å². The first kappa shape index (κ1) is 27.4. The summed E-state index contributed by atoms with van der Waals surface area (Å²) >= 11 is 0. The van der Waals surface area contributed by atoms with Crippen LogP contribution in [0.1, 0.15) is 132 Å². The maximum Gasteiger partial charge on any atom is 0.122 e. The Morgan fingerprint density at radius 2 is 0.545 bits per heavy atom. The summed E-state index contributed by atoms with van der Waals surface area (Å²) in [7, 11) is 0. The van der Waals surface area contributed by atoms with Gasteiger partial charge < -0.3 is 0 Å². The summed E-state index contributed by atoms with van der Waals surface area (Å²) in [5, 5.41) is 0. The summed E-state index contributed by atoms with van der Waals surface area (Å²) in [5.41, 5.74) is -0.401. The van der Waals surface area contributed by atoms with Crippen LogP contribution in [0.3, 0.4) is 0 Å². The van der Waals surface area contributed by atoms with E-state index in [1.54, 1.807) is 0 Å². The van der Waals surface area contributed by atoms with E-state index in [4.69, 9.17) is 0 Å². The van der Waals surface area contributed by atoms with Gasteiger partial charge in [0.05, 0.1) is 0 Å². The van der Waals surface area contributed by atoms with Crippen molar-refractivity contribution >= 4 is 0 Å². The molecule has 0 amide bonds. The van der Waals surface area contributed by atoms with Crippen LogP contribution in [-0.2, 0) is 0 Å². The van der Waals surface area contributed by atoms with Crippen molar-refractivity contribution in [3.8, 4) is 0 Å². The van der Waals surface area contributed by atoms with E-state index in [1.165, 1.54) is 0 Å². The normalized spacial score (nSPS) is 34.6. The SMILES string of the molecule is CC(C)(C)N1C(C)(C)C(C)(C)N2C3N(C(C)(C)C2(C)C)C(C)(C)C(C)(C)N3C(C)(C)C1(C)C. The number of hydrogen-bond acceptors (Lipinski definition) is 4. The Morgan fingerprint density at radius 1 is 0.364 bits per heavy atom. The average molecular weight is 463 g/mol. The quantitative estimate of drug-likeness (QED) is 0.405. The molecule has 4 nitrogen and oxygen atoms in total. The fraction of sp³-hybridized carbons (Fsp3) is 1.00. The van der Waals surface area contributed by atoms with Gasteiger partial charge in [0.1, 0.15) is 6.29 Å². The molecule has 0 aliphatic carbocycles. The lowest BCUT2D eigenvalue weighted by molar-refractivity contribution is -0.242. The first-order valence-corrected chi connectivity index (χ1v) is 13.3. The molecule has 0 aromatic rings. The standard InChI is InChI=1S/C29H58N4/c1-21(2,3)33-28(16,17)26(12,13)31-20-30(22(4,5)24(31,8)9)23(6,7)25(10,11)32(20)27(14,15)29(33,18)19/h20H,1-19H3. The molecule has 3 aliphatic rings. The minimum atomic E-state index is -0.0943. The number of nitrogens with zero attached hydrogens (tertiary/aromatic N) is 4. The highest BCUT2D eigenvalue weighted by atomic mass is 15.7.